The molecule has 1 unspecified atom stereocenters. The topological polar surface area (TPSA) is 131 Å². The summed E-state index contributed by atoms with van der Waals surface area (Å²) in [5.41, 5.74) is 1.43. The molecule has 10 nitrogen and oxygen atoms in total. The second-order valence-corrected chi connectivity index (χ2v) is 6.69. The lowest BCUT2D eigenvalue weighted by molar-refractivity contribution is -0.136. The molecule has 0 radical (unpaired) electrons. The summed E-state index contributed by atoms with van der Waals surface area (Å²) >= 11 is 0. The maximum Gasteiger partial charge on any atom is 0.256 e. The molecule has 0 spiro atoms. The Labute approximate surface area is 165 Å². The average molecular weight is 395 g/mol. The highest BCUT2D eigenvalue weighted by atomic mass is 16.5. The molecule has 3 heterocycles. The number of rotatable bonds is 4. The molecular formula is C19H17N5O5. The first-order chi connectivity index (χ1) is 14.0. The summed E-state index contributed by atoms with van der Waals surface area (Å²) in [4.78, 5) is 50.1. The molecule has 0 bridgehead atoms. The molecule has 0 saturated carbocycles. The van der Waals surface area contributed by atoms with Gasteiger partial charge in [0.25, 0.3) is 11.8 Å². The SMILES string of the molecule is COc1ccc(NC(=O)c2ccc3c(c2)CN(C2CCC(=O)NC2=O)C3=O)nn1. The van der Waals surface area contributed by atoms with Gasteiger partial charge in [-0.25, -0.2) is 0 Å². The number of nitrogens with one attached hydrogen (secondary N) is 2. The van der Waals surface area contributed by atoms with Crippen molar-refractivity contribution >= 4 is 29.4 Å². The Morgan fingerprint density at radius 2 is 2.03 bits per heavy atom. The maximum absolute atomic E-state index is 12.7. The number of anilines is 1. The molecule has 2 aliphatic rings. The third-order valence-corrected chi connectivity index (χ3v) is 4.88. The molecule has 1 saturated heterocycles. The first-order valence-corrected chi connectivity index (χ1v) is 8.93. The fraction of sp³-hybridized carbons (Fsp3) is 0.263. The number of imide groups is 1. The van der Waals surface area contributed by atoms with Crippen molar-refractivity contribution in [2.45, 2.75) is 25.4 Å². The summed E-state index contributed by atoms with van der Waals surface area (Å²) in [5, 5.41) is 12.5. The van der Waals surface area contributed by atoms with Crippen LogP contribution in [-0.4, -0.2) is 51.9 Å². The van der Waals surface area contributed by atoms with Gasteiger partial charge in [0.15, 0.2) is 5.82 Å². The number of benzene rings is 1. The van der Waals surface area contributed by atoms with E-state index in [-0.39, 0.29) is 37.0 Å². The molecule has 4 rings (SSSR count). The van der Waals surface area contributed by atoms with Crippen LogP contribution in [0, 0.1) is 0 Å². The predicted octanol–water partition coefficient (Wildman–Crippen LogP) is 0.498. The Bertz CT molecular complexity index is 1020. The summed E-state index contributed by atoms with van der Waals surface area (Å²) in [7, 11) is 1.46. The minimum absolute atomic E-state index is 0.188. The van der Waals surface area contributed by atoms with Crippen molar-refractivity contribution in [3.05, 3.63) is 47.0 Å². The van der Waals surface area contributed by atoms with E-state index in [2.05, 4.69) is 20.8 Å². The summed E-state index contributed by atoms with van der Waals surface area (Å²) in [6.07, 6.45) is 0.473. The van der Waals surface area contributed by atoms with Gasteiger partial charge in [0.2, 0.25) is 17.7 Å². The molecule has 1 atom stereocenters. The first-order valence-electron chi connectivity index (χ1n) is 8.93. The summed E-state index contributed by atoms with van der Waals surface area (Å²) in [5.74, 6) is -0.916. The Balaban J connectivity index is 1.50. The van der Waals surface area contributed by atoms with Crippen LogP contribution in [0.4, 0.5) is 5.82 Å². The number of hydrogen-bond donors (Lipinski definition) is 2. The second-order valence-electron chi connectivity index (χ2n) is 6.69. The van der Waals surface area contributed by atoms with Crippen molar-refractivity contribution in [1.29, 1.82) is 0 Å². The lowest BCUT2D eigenvalue weighted by atomic mass is 10.0. The minimum Gasteiger partial charge on any atom is -0.480 e. The van der Waals surface area contributed by atoms with Crippen molar-refractivity contribution in [2.24, 2.45) is 0 Å². The van der Waals surface area contributed by atoms with Crippen LogP contribution in [0.5, 0.6) is 5.88 Å². The van der Waals surface area contributed by atoms with Crippen LogP contribution in [-0.2, 0) is 16.1 Å². The van der Waals surface area contributed by atoms with Crippen molar-refractivity contribution in [3.63, 3.8) is 0 Å². The van der Waals surface area contributed by atoms with Gasteiger partial charge in [-0.15, -0.1) is 10.2 Å². The van der Waals surface area contributed by atoms with Gasteiger partial charge in [0.05, 0.1) is 7.11 Å². The normalized spacial score (nSPS) is 18.3. The summed E-state index contributed by atoms with van der Waals surface area (Å²) in [6.45, 7) is 0.198. The molecule has 1 aromatic carbocycles. The average Bonchev–Trinajstić information content (AvgIpc) is 3.04. The highest BCUT2D eigenvalue weighted by Gasteiger charge is 2.39. The number of fused-ring (bicyclic) bond motifs is 1. The van der Waals surface area contributed by atoms with Crippen LogP contribution in [0.1, 0.15) is 39.1 Å². The highest BCUT2D eigenvalue weighted by Crippen LogP contribution is 2.28. The number of methoxy groups -OCH3 is 1. The fourth-order valence-corrected chi connectivity index (χ4v) is 3.40. The Morgan fingerprint density at radius 1 is 1.21 bits per heavy atom. The van der Waals surface area contributed by atoms with Crippen molar-refractivity contribution < 1.29 is 23.9 Å². The van der Waals surface area contributed by atoms with Crippen LogP contribution in [0.3, 0.4) is 0 Å². The lowest BCUT2D eigenvalue weighted by Gasteiger charge is -2.29. The van der Waals surface area contributed by atoms with Crippen LogP contribution < -0.4 is 15.4 Å². The van der Waals surface area contributed by atoms with E-state index in [4.69, 9.17) is 4.74 Å². The zero-order chi connectivity index (χ0) is 20.5. The third-order valence-electron chi connectivity index (χ3n) is 4.88. The van der Waals surface area contributed by atoms with E-state index in [9.17, 15) is 19.2 Å². The quantitative estimate of drug-likeness (QED) is 0.721. The smallest absolute Gasteiger partial charge is 0.256 e. The van der Waals surface area contributed by atoms with Gasteiger partial charge in [0.1, 0.15) is 6.04 Å². The van der Waals surface area contributed by atoms with E-state index in [1.165, 1.54) is 18.1 Å². The summed E-state index contributed by atoms with van der Waals surface area (Å²) < 4.78 is 4.92. The fourth-order valence-electron chi connectivity index (χ4n) is 3.40. The lowest BCUT2D eigenvalue weighted by Crippen LogP contribution is -2.52. The van der Waals surface area contributed by atoms with E-state index in [0.717, 1.165) is 0 Å². The number of carbonyl (C=O) groups excluding carboxylic acids is 4. The van der Waals surface area contributed by atoms with Gasteiger partial charge >= 0.3 is 0 Å². The summed E-state index contributed by atoms with van der Waals surface area (Å²) in [6, 6.07) is 7.16. The highest BCUT2D eigenvalue weighted by molar-refractivity contribution is 6.07. The molecule has 1 fully saturated rings. The van der Waals surface area contributed by atoms with Crippen molar-refractivity contribution in [3.8, 4) is 5.88 Å². The van der Waals surface area contributed by atoms with E-state index in [1.54, 1.807) is 24.3 Å². The van der Waals surface area contributed by atoms with Gasteiger partial charge in [-0.1, -0.05) is 0 Å². The van der Waals surface area contributed by atoms with E-state index in [1.807, 2.05) is 0 Å². The van der Waals surface area contributed by atoms with Crippen molar-refractivity contribution in [1.82, 2.24) is 20.4 Å². The molecule has 2 N–H and O–H groups in total. The number of piperidine rings is 1. The number of hydrogen-bond acceptors (Lipinski definition) is 7. The Morgan fingerprint density at radius 3 is 2.72 bits per heavy atom. The van der Waals surface area contributed by atoms with Crippen LogP contribution in [0.25, 0.3) is 0 Å². The molecule has 2 aliphatic heterocycles. The monoisotopic (exact) mass is 395 g/mol. The van der Waals surface area contributed by atoms with Crippen LogP contribution in [0.15, 0.2) is 30.3 Å². The molecule has 4 amide bonds. The Hall–Kier alpha value is -3.82. The number of ether oxygens (including phenoxy) is 1. The number of carbonyl (C=O) groups is 4. The minimum atomic E-state index is -0.695. The number of amides is 4. The molecule has 148 valence electrons. The van der Waals surface area contributed by atoms with Gasteiger partial charge in [-0.2, -0.15) is 0 Å². The van der Waals surface area contributed by atoms with Crippen LogP contribution in [0.2, 0.25) is 0 Å². The number of nitrogens with zero attached hydrogens (tertiary/aromatic N) is 3. The molecular weight excluding hydrogens is 378 g/mol. The van der Waals surface area contributed by atoms with Gasteiger partial charge < -0.3 is 15.0 Å². The molecule has 2 aromatic rings. The van der Waals surface area contributed by atoms with E-state index in [0.29, 0.717) is 22.6 Å². The first kappa shape index (κ1) is 18.5. The molecule has 1 aromatic heterocycles. The largest absolute Gasteiger partial charge is 0.480 e. The zero-order valence-corrected chi connectivity index (χ0v) is 15.5. The molecule has 29 heavy (non-hydrogen) atoms. The Kier molecular flexibility index (Phi) is 4.67. The maximum atomic E-state index is 12.7. The second kappa shape index (κ2) is 7.30. The van der Waals surface area contributed by atoms with Gasteiger partial charge in [-0.05, 0) is 36.2 Å². The number of aromatic nitrogens is 2. The zero-order valence-electron chi connectivity index (χ0n) is 15.5. The molecule has 10 heteroatoms. The molecule has 0 aliphatic carbocycles. The van der Waals surface area contributed by atoms with Gasteiger partial charge in [-0.3, -0.25) is 24.5 Å². The van der Waals surface area contributed by atoms with E-state index >= 15 is 0 Å². The standard InChI is InChI=1S/C19H17N5O5/c1-29-16-7-5-14(22-23-16)20-17(26)10-2-3-12-11(8-10)9-24(19(12)28)13-4-6-15(25)21-18(13)27/h2-3,5,7-8,13H,4,6,9H2,1H3,(H,20,22,26)(H,21,25,27). The van der Waals surface area contributed by atoms with Crippen LogP contribution >= 0.6 is 0 Å². The van der Waals surface area contributed by atoms with Gasteiger partial charge in [0, 0.05) is 30.2 Å². The van der Waals surface area contributed by atoms with E-state index < -0.39 is 17.9 Å². The van der Waals surface area contributed by atoms with Crippen molar-refractivity contribution in [2.75, 3.05) is 12.4 Å². The predicted molar refractivity (Wildman–Crippen MR) is 99.0 cm³/mol. The third kappa shape index (κ3) is 3.51.